The fourth-order valence-electron chi connectivity index (χ4n) is 6.60. The molecule has 46 heavy (non-hydrogen) atoms. The lowest BCUT2D eigenvalue weighted by atomic mass is 9.88. The molecule has 0 aliphatic carbocycles. The van der Waals surface area contributed by atoms with Gasteiger partial charge in [0.25, 0.3) is 0 Å². The number of aliphatic hydroxyl groups excluding tert-OH is 1. The number of benzene rings is 1. The summed E-state index contributed by atoms with van der Waals surface area (Å²) in [6, 6.07) is 3.62. The quantitative estimate of drug-likeness (QED) is 0.130. The molecule has 2 aliphatic rings. The van der Waals surface area contributed by atoms with Crippen molar-refractivity contribution in [1.82, 2.24) is 4.90 Å². The van der Waals surface area contributed by atoms with Crippen LogP contribution in [-0.4, -0.2) is 75.9 Å². The molecule has 6 N–H and O–H groups in total. The first-order chi connectivity index (χ1) is 22.0. The Morgan fingerprint density at radius 1 is 1.13 bits per heavy atom. The Balaban J connectivity index is 1.93. The van der Waals surface area contributed by atoms with E-state index in [4.69, 9.17) is 20.9 Å². The van der Waals surface area contributed by atoms with Crippen molar-refractivity contribution in [3.8, 4) is 11.5 Å². The number of methoxy groups -OCH3 is 1. The number of aryl methyl sites for hydroxylation is 1. The zero-order valence-corrected chi connectivity index (χ0v) is 29.8. The number of aliphatic hydroxyl groups is 1. The predicted molar refractivity (Wildman–Crippen MR) is 188 cm³/mol. The summed E-state index contributed by atoms with van der Waals surface area (Å²) in [5, 5.41) is 21.9. The fourth-order valence-corrected chi connectivity index (χ4v) is 8.97. The van der Waals surface area contributed by atoms with Gasteiger partial charge >= 0.3 is 5.97 Å². The average Bonchev–Trinajstić information content (AvgIpc) is 3.26. The van der Waals surface area contributed by atoms with Crippen LogP contribution in [0.1, 0.15) is 103 Å². The maximum atomic E-state index is 13.6. The van der Waals surface area contributed by atoms with Gasteiger partial charge in [0.15, 0.2) is 17.5 Å². The summed E-state index contributed by atoms with van der Waals surface area (Å²) >= 11 is 0. The van der Waals surface area contributed by atoms with E-state index in [9.17, 15) is 19.8 Å². The number of carbonyl (C=O) groups is 2. The number of phenolic OH excluding ortho intramolecular Hbond substituents is 1. The highest BCUT2D eigenvalue weighted by molar-refractivity contribution is 8.76. The number of aliphatic imine (C=N–C) groups is 1. The molecular formula is C34H56N4O6S2. The van der Waals surface area contributed by atoms with Crippen molar-refractivity contribution in [1.29, 1.82) is 0 Å². The summed E-state index contributed by atoms with van der Waals surface area (Å²) in [7, 11) is 5.12. The van der Waals surface area contributed by atoms with E-state index in [0.717, 1.165) is 55.6 Å². The highest BCUT2D eigenvalue weighted by atomic mass is 33.1. The second-order valence-corrected chi connectivity index (χ2v) is 15.9. The molecule has 1 amide bonds. The molecule has 0 aromatic heterocycles. The van der Waals surface area contributed by atoms with Crippen molar-refractivity contribution in [2.45, 2.75) is 129 Å². The number of guanidine groups is 1. The van der Waals surface area contributed by atoms with E-state index in [1.807, 2.05) is 21.8 Å². The number of hydrogen-bond acceptors (Lipinski definition) is 9. The number of ether oxygens (including phenoxy) is 2. The van der Waals surface area contributed by atoms with Gasteiger partial charge in [0.1, 0.15) is 6.10 Å². The minimum Gasteiger partial charge on any atom is -0.504 e. The maximum Gasteiger partial charge on any atom is 0.302 e. The Hall–Kier alpha value is -2.31. The molecule has 0 spiro atoms. The number of carbonyl (C=O) groups excluding carboxylic acids is 2. The average molecular weight is 681 g/mol. The molecule has 12 heteroatoms. The molecule has 10 nitrogen and oxygen atoms in total. The topological polar surface area (TPSA) is 161 Å². The van der Waals surface area contributed by atoms with Crippen molar-refractivity contribution < 1.29 is 29.3 Å². The van der Waals surface area contributed by atoms with Crippen LogP contribution in [0.3, 0.4) is 0 Å². The third-order valence-corrected chi connectivity index (χ3v) is 11.5. The van der Waals surface area contributed by atoms with Crippen molar-refractivity contribution in [3.63, 3.8) is 0 Å². The molecule has 1 saturated heterocycles. The minimum absolute atomic E-state index is 0.00486. The first kappa shape index (κ1) is 38.1. The molecule has 0 radical (unpaired) electrons. The SMILES string of the molecule is COc1cc2cc(c1O)CN1C(=O)C[C@@H](C[C@@H](N=C(N)N)CSSCCCCCC[C@H](O)C[C@H](OC(C)=O)CC2)[C@@H]1CCC(C)C. The van der Waals surface area contributed by atoms with Gasteiger partial charge in [-0.15, -0.1) is 0 Å². The van der Waals surface area contributed by atoms with Crippen LogP contribution in [0.15, 0.2) is 17.1 Å². The second kappa shape index (κ2) is 19.5. The monoisotopic (exact) mass is 680 g/mol. The third kappa shape index (κ3) is 12.7. The van der Waals surface area contributed by atoms with Crippen LogP contribution in [0.5, 0.6) is 11.5 Å². The normalized spacial score (nSPS) is 26.0. The molecule has 4 bridgehead atoms. The summed E-state index contributed by atoms with van der Waals surface area (Å²) in [6.45, 7) is 6.03. The lowest BCUT2D eigenvalue weighted by molar-refractivity contribution is -0.148. The summed E-state index contributed by atoms with van der Waals surface area (Å²) in [5.74, 6) is 2.48. The number of rotatable bonds is 6. The van der Waals surface area contributed by atoms with Gasteiger partial charge in [-0.05, 0) is 68.4 Å². The van der Waals surface area contributed by atoms with Crippen LogP contribution >= 0.6 is 21.6 Å². The Labute approximate surface area is 283 Å². The Morgan fingerprint density at radius 3 is 2.59 bits per heavy atom. The molecule has 2 heterocycles. The predicted octanol–water partition coefficient (Wildman–Crippen LogP) is 5.55. The molecule has 2 aliphatic heterocycles. The fraction of sp³-hybridized carbons (Fsp3) is 0.735. The van der Waals surface area contributed by atoms with Gasteiger partial charge in [0.2, 0.25) is 5.91 Å². The summed E-state index contributed by atoms with van der Waals surface area (Å²) in [4.78, 5) is 32.0. The molecule has 260 valence electrons. The molecule has 0 unspecified atom stereocenters. The number of hydrogen-bond donors (Lipinski definition) is 4. The first-order valence-electron chi connectivity index (χ1n) is 16.8. The van der Waals surface area contributed by atoms with Crippen LogP contribution in [-0.2, 0) is 27.3 Å². The van der Waals surface area contributed by atoms with Crippen LogP contribution in [0.25, 0.3) is 0 Å². The van der Waals surface area contributed by atoms with Gasteiger partial charge in [-0.1, -0.05) is 60.8 Å². The zero-order valence-electron chi connectivity index (χ0n) is 28.1. The molecule has 1 fully saturated rings. The number of amides is 1. The molecular weight excluding hydrogens is 625 g/mol. The van der Waals surface area contributed by atoms with Gasteiger partial charge in [-0.25, -0.2) is 4.99 Å². The minimum atomic E-state index is -0.551. The van der Waals surface area contributed by atoms with Crippen LogP contribution in [0.2, 0.25) is 0 Å². The summed E-state index contributed by atoms with van der Waals surface area (Å²) < 4.78 is 11.2. The Kier molecular flexibility index (Phi) is 16.2. The van der Waals surface area contributed by atoms with Crippen molar-refractivity contribution >= 4 is 39.4 Å². The van der Waals surface area contributed by atoms with E-state index in [-0.39, 0.29) is 48.1 Å². The van der Waals surface area contributed by atoms with E-state index in [1.54, 1.807) is 16.9 Å². The van der Waals surface area contributed by atoms with Crippen molar-refractivity contribution in [2.75, 3.05) is 18.6 Å². The van der Waals surface area contributed by atoms with Gasteiger partial charge in [0, 0.05) is 49.4 Å². The largest absolute Gasteiger partial charge is 0.504 e. The van der Waals surface area contributed by atoms with Crippen LogP contribution < -0.4 is 16.2 Å². The van der Waals surface area contributed by atoms with Gasteiger partial charge in [-0.2, -0.15) is 0 Å². The number of aromatic hydroxyl groups is 1. The number of nitrogens with zero attached hydrogens (tertiary/aromatic N) is 2. The number of phenols is 1. The smallest absolute Gasteiger partial charge is 0.302 e. The standard InChI is InChI=1S/C34H56N4O6S2/c1-22(2)10-13-30-25-17-27(37-34(35)36)21-46-45-14-8-6-5-7-9-28(40)19-29(44-23(3)39)12-11-24-15-26(20-38(30)32(41)18-25)33(42)31(16-24)43-4/h15-16,22,25,27-30,40,42H,5-14,17-21H2,1-4H3,(H4,35,36,37)/t25-,27-,28+,29-,30+/m1/s1. The molecule has 1 aromatic carbocycles. The molecule has 0 saturated carbocycles. The molecule has 5 atom stereocenters. The van der Waals surface area contributed by atoms with Gasteiger partial charge < -0.3 is 36.1 Å². The van der Waals surface area contributed by atoms with E-state index in [2.05, 4.69) is 18.8 Å². The van der Waals surface area contributed by atoms with Crippen molar-refractivity contribution in [3.05, 3.63) is 23.3 Å². The zero-order chi connectivity index (χ0) is 33.6. The first-order valence-corrected chi connectivity index (χ1v) is 19.3. The van der Waals surface area contributed by atoms with Gasteiger partial charge in [0.05, 0.1) is 19.3 Å². The van der Waals surface area contributed by atoms with E-state index in [0.29, 0.717) is 55.8 Å². The van der Waals surface area contributed by atoms with E-state index >= 15 is 0 Å². The Bertz CT molecular complexity index is 1150. The van der Waals surface area contributed by atoms with Gasteiger partial charge in [-0.3, -0.25) is 9.59 Å². The highest BCUT2D eigenvalue weighted by Crippen LogP contribution is 2.39. The van der Waals surface area contributed by atoms with E-state index in [1.165, 1.54) is 14.0 Å². The number of esters is 1. The lowest BCUT2D eigenvalue weighted by Crippen LogP contribution is -2.36. The number of fused-ring (bicyclic) bond motifs is 4. The Morgan fingerprint density at radius 2 is 1.89 bits per heavy atom. The molecule has 1 aromatic rings. The van der Waals surface area contributed by atoms with Crippen molar-refractivity contribution in [2.24, 2.45) is 28.3 Å². The lowest BCUT2D eigenvalue weighted by Gasteiger charge is -2.30. The highest BCUT2D eigenvalue weighted by Gasteiger charge is 2.40. The van der Waals surface area contributed by atoms with E-state index < -0.39 is 12.2 Å². The summed E-state index contributed by atoms with van der Waals surface area (Å²) in [5.41, 5.74) is 13.2. The maximum absolute atomic E-state index is 13.6. The summed E-state index contributed by atoms with van der Waals surface area (Å²) in [6.07, 6.45) is 8.25. The third-order valence-electron chi connectivity index (χ3n) is 8.90. The number of nitrogens with two attached hydrogens (primary N) is 2. The molecule has 3 rings (SSSR count). The van der Waals surface area contributed by atoms with Crippen LogP contribution in [0, 0.1) is 11.8 Å². The van der Waals surface area contributed by atoms with Crippen LogP contribution in [0.4, 0.5) is 0 Å². The second-order valence-electron chi connectivity index (χ2n) is 13.2.